The molecule has 1 aliphatic rings. The Morgan fingerprint density at radius 2 is 1.35 bits per heavy atom. The predicted octanol–water partition coefficient (Wildman–Crippen LogP) is 9.54. The van der Waals surface area contributed by atoms with Gasteiger partial charge in [0.25, 0.3) is 0 Å². The van der Waals surface area contributed by atoms with E-state index in [0.29, 0.717) is 5.96 Å². The van der Waals surface area contributed by atoms with E-state index in [1.807, 2.05) is 12.1 Å². The summed E-state index contributed by atoms with van der Waals surface area (Å²) < 4.78 is 4.45. The molecule has 9 rings (SSSR count). The molecule has 0 saturated heterocycles. The monoisotopic (exact) mass is 656 g/mol. The largest absolute Gasteiger partial charge is 0.369 e. The SMILES string of the molecule is C=C(/C=C\N=C(N)n1c2c(c3ccccc31)=CC(c1ccc3c(c1)c1ccccc1n3-c1ccccc1)CC=2)c1cccc(-c2ccccc2)c1. The summed E-state index contributed by atoms with van der Waals surface area (Å²) in [6.45, 7) is 4.31. The number of hydrogen-bond acceptors (Lipinski definition) is 1. The number of fused-ring (bicyclic) bond motifs is 6. The van der Waals surface area contributed by atoms with Crippen molar-refractivity contribution in [2.75, 3.05) is 0 Å². The summed E-state index contributed by atoms with van der Waals surface area (Å²) in [7, 11) is 0. The van der Waals surface area contributed by atoms with Gasteiger partial charge in [-0.15, -0.1) is 0 Å². The average molecular weight is 657 g/mol. The van der Waals surface area contributed by atoms with Crippen LogP contribution in [0.1, 0.15) is 23.5 Å². The van der Waals surface area contributed by atoms with Crippen LogP contribution in [0, 0.1) is 0 Å². The van der Waals surface area contributed by atoms with Gasteiger partial charge >= 0.3 is 0 Å². The van der Waals surface area contributed by atoms with Crippen molar-refractivity contribution >= 4 is 56.4 Å². The van der Waals surface area contributed by atoms with Gasteiger partial charge in [0, 0.05) is 39.2 Å². The molecule has 0 spiro atoms. The molecule has 0 aliphatic heterocycles. The lowest BCUT2D eigenvalue weighted by Gasteiger charge is -2.15. The normalized spacial score (nSPS) is 14.5. The molecule has 2 N–H and O–H groups in total. The summed E-state index contributed by atoms with van der Waals surface area (Å²) >= 11 is 0. The van der Waals surface area contributed by atoms with E-state index in [0.717, 1.165) is 34.0 Å². The van der Waals surface area contributed by atoms with Gasteiger partial charge in [0.05, 0.1) is 21.9 Å². The average Bonchev–Trinajstić information content (AvgIpc) is 3.71. The van der Waals surface area contributed by atoms with Crippen LogP contribution < -0.4 is 16.3 Å². The summed E-state index contributed by atoms with van der Waals surface area (Å²) in [5.41, 5.74) is 16.9. The third-order valence-electron chi connectivity index (χ3n) is 10.1. The quantitative estimate of drug-likeness (QED) is 0.108. The minimum atomic E-state index is 0.230. The molecule has 2 heterocycles. The van der Waals surface area contributed by atoms with Crippen LogP contribution in [0.25, 0.3) is 67.2 Å². The van der Waals surface area contributed by atoms with Crippen LogP contribution in [0.4, 0.5) is 0 Å². The van der Waals surface area contributed by atoms with Gasteiger partial charge in [-0.1, -0.05) is 128 Å². The van der Waals surface area contributed by atoms with E-state index >= 15 is 0 Å². The van der Waals surface area contributed by atoms with Gasteiger partial charge in [0.2, 0.25) is 5.96 Å². The molecular weight excluding hydrogens is 621 g/mol. The first-order valence-electron chi connectivity index (χ1n) is 17.4. The fourth-order valence-electron chi connectivity index (χ4n) is 7.61. The summed E-state index contributed by atoms with van der Waals surface area (Å²) in [4.78, 5) is 4.72. The number of nitrogens with two attached hydrogens (primary N) is 1. The third kappa shape index (κ3) is 5.38. The highest BCUT2D eigenvalue weighted by atomic mass is 15.1. The maximum atomic E-state index is 6.76. The van der Waals surface area contributed by atoms with Crippen molar-refractivity contribution in [2.24, 2.45) is 10.7 Å². The lowest BCUT2D eigenvalue weighted by molar-refractivity contribution is 0.913. The van der Waals surface area contributed by atoms with Gasteiger partial charge in [0.1, 0.15) is 0 Å². The fourth-order valence-corrected chi connectivity index (χ4v) is 7.61. The Bertz CT molecular complexity index is 2800. The van der Waals surface area contributed by atoms with E-state index in [-0.39, 0.29) is 5.92 Å². The van der Waals surface area contributed by atoms with Crippen molar-refractivity contribution in [1.29, 1.82) is 0 Å². The van der Waals surface area contributed by atoms with E-state index in [4.69, 9.17) is 10.7 Å². The molecule has 0 amide bonds. The topological polar surface area (TPSA) is 48.2 Å². The zero-order chi connectivity index (χ0) is 34.3. The Morgan fingerprint density at radius 3 is 2.18 bits per heavy atom. The molecule has 2 aromatic heterocycles. The van der Waals surface area contributed by atoms with E-state index in [2.05, 4.69) is 173 Å². The lowest BCUT2D eigenvalue weighted by Crippen LogP contribution is -2.38. The molecule has 4 nitrogen and oxygen atoms in total. The van der Waals surface area contributed by atoms with Crippen LogP contribution in [-0.4, -0.2) is 15.1 Å². The van der Waals surface area contributed by atoms with Gasteiger partial charge in [-0.3, -0.25) is 4.57 Å². The molecule has 244 valence electrons. The molecule has 4 heteroatoms. The van der Waals surface area contributed by atoms with Gasteiger partial charge in [-0.25, -0.2) is 4.99 Å². The van der Waals surface area contributed by atoms with Crippen molar-refractivity contribution in [3.63, 3.8) is 0 Å². The molecule has 6 aromatic carbocycles. The van der Waals surface area contributed by atoms with Crippen LogP contribution in [0.3, 0.4) is 0 Å². The van der Waals surface area contributed by atoms with E-state index in [1.165, 1.54) is 49.2 Å². The number of para-hydroxylation sites is 3. The van der Waals surface area contributed by atoms with Crippen LogP contribution in [-0.2, 0) is 0 Å². The Kier molecular flexibility index (Phi) is 7.55. The molecule has 1 unspecified atom stereocenters. The fraction of sp³-hybridized carbons (Fsp3) is 0.0426. The zero-order valence-corrected chi connectivity index (χ0v) is 28.2. The first kappa shape index (κ1) is 30.4. The first-order chi connectivity index (χ1) is 25.1. The van der Waals surface area contributed by atoms with Crippen molar-refractivity contribution < 1.29 is 0 Å². The van der Waals surface area contributed by atoms with Crippen LogP contribution in [0.2, 0.25) is 0 Å². The molecule has 0 radical (unpaired) electrons. The standard InChI is InChI=1S/C47H36N4/c1-32(34-15-12-16-35(29-34)33-13-4-2-5-14-33)27-28-49-47(48)51-44-22-11-9-20-40(44)42-31-37(24-26-46(42)51)36-23-25-45-41(30-36)39-19-8-10-21-43(39)50(45)38-17-6-3-7-18-38/h2-23,25-31,37H,1,24H2,(H2,48,49)/b28-27-. The molecule has 8 aromatic rings. The zero-order valence-electron chi connectivity index (χ0n) is 28.2. The molecule has 0 bridgehead atoms. The number of rotatable bonds is 6. The van der Waals surface area contributed by atoms with Gasteiger partial charge in [-0.2, -0.15) is 0 Å². The predicted molar refractivity (Wildman–Crippen MR) is 215 cm³/mol. The number of aromatic nitrogens is 2. The van der Waals surface area contributed by atoms with Crippen LogP contribution in [0.15, 0.2) is 176 Å². The minimum Gasteiger partial charge on any atom is -0.369 e. The molecular formula is C47H36N4. The molecule has 1 atom stereocenters. The van der Waals surface area contributed by atoms with Gasteiger partial charge in [-0.05, 0) is 82.8 Å². The number of aliphatic imine (C=N–C) groups is 1. The molecule has 1 aliphatic carbocycles. The van der Waals surface area contributed by atoms with E-state index < -0.39 is 0 Å². The van der Waals surface area contributed by atoms with Crippen molar-refractivity contribution in [2.45, 2.75) is 12.3 Å². The smallest absolute Gasteiger partial charge is 0.205 e. The van der Waals surface area contributed by atoms with E-state index in [9.17, 15) is 0 Å². The first-order valence-corrected chi connectivity index (χ1v) is 17.4. The highest BCUT2D eigenvalue weighted by Gasteiger charge is 2.19. The lowest BCUT2D eigenvalue weighted by atomic mass is 9.90. The minimum absolute atomic E-state index is 0.230. The number of allylic oxidation sites excluding steroid dienone is 2. The van der Waals surface area contributed by atoms with Crippen LogP contribution >= 0.6 is 0 Å². The maximum absolute atomic E-state index is 6.76. The Hall–Kier alpha value is -6.65. The summed E-state index contributed by atoms with van der Waals surface area (Å²) in [6.07, 6.45) is 9.27. The van der Waals surface area contributed by atoms with Gasteiger partial charge in [0.15, 0.2) is 0 Å². The summed E-state index contributed by atoms with van der Waals surface area (Å²) in [5, 5.41) is 5.97. The Labute approximate surface area is 296 Å². The summed E-state index contributed by atoms with van der Waals surface area (Å²) in [6, 6.07) is 53.5. The Balaban J connectivity index is 1.06. The number of hydrogen-bond donors (Lipinski definition) is 1. The second-order valence-corrected chi connectivity index (χ2v) is 13.1. The van der Waals surface area contributed by atoms with Crippen molar-refractivity contribution in [1.82, 2.24) is 9.13 Å². The second kappa shape index (κ2) is 12.7. The molecule has 0 fully saturated rings. The highest BCUT2D eigenvalue weighted by molar-refractivity contribution is 6.09. The van der Waals surface area contributed by atoms with Crippen LogP contribution in [0.5, 0.6) is 0 Å². The van der Waals surface area contributed by atoms with Crippen molar-refractivity contribution in [3.8, 4) is 16.8 Å². The maximum Gasteiger partial charge on any atom is 0.205 e. The Morgan fingerprint density at radius 1 is 0.667 bits per heavy atom. The van der Waals surface area contributed by atoms with Gasteiger partial charge < -0.3 is 10.3 Å². The third-order valence-corrected chi connectivity index (χ3v) is 10.1. The van der Waals surface area contributed by atoms with E-state index in [1.54, 1.807) is 6.20 Å². The van der Waals surface area contributed by atoms with Crippen molar-refractivity contribution in [3.05, 3.63) is 192 Å². The highest BCUT2D eigenvalue weighted by Crippen LogP contribution is 2.35. The number of benzene rings is 6. The number of nitrogens with zero attached hydrogens (tertiary/aromatic N) is 3. The molecule has 0 saturated carbocycles. The molecule has 51 heavy (non-hydrogen) atoms. The second-order valence-electron chi connectivity index (χ2n) is 13.1. The summed E-state index contributed by atoms with van der Waals surface area (Å²) in [5.74, 6) is 0.654.